The highest BCUT2D eigenvalue weighted by molar-refractivity contribution is 6.21. The zero-order valence-corrected chi connectivity index (χ0v) is 12.3. The molecule has 0 saturated carbocycles. The molecule has 0 spiro atoms. The van der Waals surface area contributed by atoms with E-state index in [0.717, 1.165) is 0 Å². The largest absolute Gasteiger partial charge is 0.494 e. The summed E-state index contributed by atoms with van der Waals surface area (Å²) in [6.45, 7) is 2.28. The standard InChI is InChI=1S/C17H13NO5/c1-2-22-12-7-5-6-11(10-12)17(21)23-18-15(19)13-8-3-4-9-14(13)16(18)20/h3-10H,2H2,1H3. The van der Waals surface area contributed by atoms with Crippen LogP contribution in [0.15, 0.2) is 48.5 Å². The Kier molecular flexibility index (Phi) is 3.80. The molecule has 6 nitrogen and oxygen atoms in total. The maximum atomic E-state index is 12.2. The Morgan fingerprint density at radius 2 is 1.65 bits per heavy atom. The molecular weight excluding hydrogens is 298 g/mol. The number of ether oxygens (including phenoxy) is 1. The summed E-state index contributed by atoms with van der Waals surface area (Å²) in [4.78, 5) is 41.4. The molecule has 1 heterocycles. The molecule has 2 aromatic rings. The van der Waals surface area contributed by atoms with E-state index in [4.69, 9.17) is 9.57 Å². The average Bonchev–Trinajstić information content (AvgIpc) is 2.81. The van der Waals surface area contributed by atoms with Gasteiger partial charge in [-0.2, -0.15) is 0 Å². The first kappa shape index (κ1) is 14.8. The number of carbonyl (C=O) groups is 3. The lowest BCUT2D eigenvalue weighted by Crippen LogP contribution is -2.32. The quantitative estimate of drug-likeness (QED) is 0.811. The highest BCUT2D eigenvalue weighted by Gasteiger charge is 2.38. The molecule has 0 N–H and O–H groups in total. The third-order valence-corrected chi connectivity index (χ3v) is 3.31. The minimum atomic E-state index is -0.805. The van der Waals surface area contributed by atoms with Gasteiger partial charge in [-0.3, -0.25) is 9.59 Å². The number of imide groups is 1. The molecule has 2 aromatic carbocycles. The number of carbonyl (C=O) groups excluding carboxylic acids is 3. The molecule has 0 fully saturated rings. The van der Waals surface area contributed by atoms with Crippen LogP contribution in [0.5, 0.6) is 5.75 Å². The van der Waals surface area contributed by atoms with Crippen molar-refractivity contribution >= 4 is 17.8 Å². The third kappa shape index (κ3) is 2.66. The first-order valence-electron chi connectivity index (χ1n) is 7.04. The summed E-state index contributed by atoms with van der Waals surface area (Å²) >= 11 is 0. The number of nitrogens with zero attached hydrogens (tertiary/aromatic N) is 1. The van der Waals surface area contributed by atoms with Crippen molar-refractivity contribution in [2.45, 2.75) is 6.92 Å². The smallest absolute Gasteiger partial charge is 0.364 e. The summed E-state index contributed by atoms with van der Waals surface area (Å²) in [6.07, 6.45) is 0. The maximum Gasteiger partial charge on any atom is 0.364 e. The van der Waals surface area contributed by atoms with Crippen LogP contribution in [0, 0.1) is 0 Å². The molecular formula is C17H13NO5. The first-order valence-corrected chi connectivity index (χ1v) is 7.04. The summed E-state index contributed by atoms with van der Waals surface area (Å²) in [6, 6.07) is 12.6. The molecule has 3 rings (SSSR count). The summed E-state index contributed by atoms with van der Waals surface area (Å²) in [5.41, 5.74) is 0.620. The van der Waals surface area contributed by atoms with Gasteiger partial charge in [0.2, 0.25) is 0 Å². The van der Waals surface area contributed by atoms with Crippen LogP contribution in [0.2, 0.25) is 0 Å². The molecule has 0 aliphatic carbocycles. The van der Waals surface area contributed by atoms with E-state index in [1.165, 1.54) is 24.3 Å². The van der Waals surface area contributed by atoms with Gasteiger partial charge < -0.3 is 9.57 Å². The van der Waals surface area contributed by atoms with Crippen molar-refractivity contribution < 1.29 is 24.0 Å². The van der Waals surface area contributed by atoms with Crippen LogP contribution in [-0.4, -0.2) is 29.5 Å². The molecule has 0 aromatic heterocycles. The van der Waals surface area contributed by atoms with Crippen LogP contribution in [0.4, 0.5) is 0 Å². The Balaban J connectivity index is 1.80. The van der Waals surface area contributed by atoms with Crippen LogP contribution in [0.3, 0.4) is 0 Å². The molecule has 6 heteroatoms. The van der Waals surface area contributed by atoms with Crippen LogP contribution >= 0.6 is 0 Å². The van der Waals surface area contributed by atoms with Gasteiger partial charge >= 0.3 is 5.97 Å². The number of fused-ring (bicyclic) bond motifs is 1. The highest BCUT2D eigenvalue weighted by Crippen LogP contribution is 2.23. The normalized spacial score (nSPS) is 13.0. The molecule has 2 amide bonds. The number of hydroxylamine groups is 2. The minimum absolute atomic E-state index is 0.188. The fourth-order valence-electron chi connectivity index (χ4n) is 2.27. The fraction of sp³-hybridized carbons (Fsp3) is 0.118. The van der Waals surface area contributed by atoms with Crippen LogP contribution < -0.4 is 4.74 Å². The van der Waals surface area contributed by atoms with E-state index in [1.807, 2.05) is 6.92 Å². The summed E-state index contributed by atoms with van der Waals surface area (Å²) in [5, 5.41) is 0.486. The molecule has 0 saturated heterocycles. The second-order valence-corrected chi connectivity index (χ2v) is 4.79. The zero-order valence-electron chi connectivity index (χ0n) is 12.3. The molecule has 23 heavy (non-hydrogen) atoms. The molecule has 1 aliphatic heterocycles. The van der Waals surface area contributed by atoms with Crippen LogP contribution in [0.1, 0.15) is 38.0 Å². The summed E-state index contributed by atoms with van der Waals surface area (Å²) in [5.74, 6) is -1.61. The van der Waals surface area contributed by atoms with Gasteiger partial charge in [-0.05, 0) is 37.3 Å². The number of hydrogen-bond acceptors (Lipinski definition) is 5. The summed E-state index contributed by atoms with van der Waals surface area (Å²) in [7, 11) is 0. The lowest BCUT2D eigenvalue weighted by molar-refractivity contribution is -0.0584. The third-order valence-electron chi connectivity index (χ3n) is 3.31. The van der Waals surface area contributed by atoms with Gasteiger partial charge in [0.05, 0.1) is 23.3 Å². The number of hydrogen-bond donors (Lipinski definition) is 0. The van der Waals surface area contributed by atoms with E-state index in [0.29, 0.717) is 17.4 Å². The Hall–Kier alpha value is -3.15. The van der Waals surface area contributed by atoms with Crippen molar-refractivity contribution in [3.05, 3.63) is 65.2 Å². The Bertz CT molecular complexity index is 764. The fourth-order valence-corrected chi connectivity index (χ4v) is 2.27. The second kappa shape index (κ2) is 5.92. The zero-order chi connectivity index (χ0) is 16.4. The summed E-state index contributed by atoms with van der Waals surface area (Å²) < 4.78 is 5.30. The predicted octanol–water partition coefficient (Wildman–Crippen LogP) is 2.45. The van der Waals surface area contributed by atoms with Gasteiger partial charge in [-0.1, -0.05) is 23.3 Å². The Labute approximate surface area is 132 Å². The van der Waals surface area contributed by atoms with Gasteiger partial charge in [0.25, 0.3) is 11.8 Å². The van der Waals surface area contributed by atoms with Crippen molar-refractivity contribution in [1.82, 2.24) is 5.06 Å². The van der Waals surface area contributed by atoms with Gasteiger partial charge in [-0.25, -0.2) is 4.79 Å². The minimum Gasteiger partial charge on any atom is -0.494 e. The molecule has 0 unspecified atom stereocenters. The van der Waals surface area contributed by atoms with E-state index in [2.05, 4.69) is 0 Å². The van der Waals surface area contributed by atoms with Gasteiger partial charge in [0.15, 0.2) is 0 Å². The van der Waals surface area contributed by atoms with Crippen LogP contribution in [-0.2, 0) is 4.84 Å². The van der Waals surface area contributed by atoms with Crippen molar-refractivity contribution in [2.75, 3.05) is 6.61 Å². The Morgan fingerprint density at radius 3 is 2.26 bits per heavy atom. The molecule has 0 atom stereocenters. The number of rotatable bonds is 4. The highest BCUT2D eigenvalue weighted by atomic mass is 16.7. The van der Waals surface area contributed by atoms with E-state index in [-0.39, 0.29) is 16.7 Å². The van der Waals surface area contributed by atoms with E-state index >= 15 is 0 Å². The lowest BCUT2D eigenvalue weighted by Gasteiger charge is -2.13. The lowest BCUT2D eigenvalue weighted by atomic mass is 10.1. The van der Waals surface area contributed by atoms with E-state index in [1.54, 1.807) is 24.3 Å². The molecule has 116 valence electrons. The molecule has 0 bridgehead atoms. The van der Waals surface area contributed by atoms with Crippen molar-refractivity contribution in [1.29, 1.82) is 0 Å². The Morgan fingerprint density at radius 1 is 1.00 bits per heavy atom. The van der Waals surface area contributed by atoms with E-state index < -0.39 is 17.8 Å². The number of benzene rings is 2. The second-order valence-electron chi connectivity index (χ2n) is 4.79. The topological polar surface area (TPSA) is 72.9 Å². The molecule has 0 radical (unpaired) electrons. The van der Waals surface area contributed by atoms with Crippen molar-refractivity contribution in [2.24, 2.45) is 0 Å². The first-order chi connectivity index (χ1) is 11.1. The monoisotopic (exact) mass is 311 g/mol. The number of amides is 2. The van der Waals surface area contributed by atoms with Gasteiger partial charge in [0.1, 0.15) is 5.75 Å². The SMILES string of the molecule is CCOc1cccc(C(=O)ON2C(=O)c3ccccc3C2=O)c1. The average molecular weight is 311 g/mol. The predicted molar refractivity (Wildman–Crippen MR) is 80.0 cm³/mol. The van der Waals surface area contributed by atoms with Crippen molar-refractivity contribution in [3.63, 3.8) is 0 Å². The van der Waals surface area contributed by atoms with E-state index in [9.17, 15) is 14.4 Å². The van der Waals surface area contributed by atoms with Crippen molar-refractivity contribution in [3.8, 4) is 5.75 Å². The molecule has 1 aliphatic rings. The maximum absolute atomic E-state index is 12.2. The van der Waals surface area contributed by atoms with Gasteiger partial charge in [-0.15, -0.1) is 0 Å². The van der Waals surface area contributed by atoms with Gasteiger partial charge in [0, 0.05) is 0 Å². The van der Waals surface area contributed by atoms with Crippen LogP contribution in [0.25, 0.3) is 0 Å².